The molecule has 6 heteroatoms. The van der Waals surface area contributed by atoms with E-state index in [1.54, 1.807) is 0 Å². The van der Waals surface area contributed by atoms with Crippen LogP contribution in [0.15, 0.2) is 186 Å². The Morgan fingerprint density at radius 3 is 2.09 bits per heavy atom. The van der Waals surface area contributed by atoms with Gasteiger partial charge in [0.1, 0.15) is 12.0 Å². The molecule has 3 aromatic heterocycles. The Kier molecular flexibility index (Phi) is 7.43. The van der Waals surface area contributed by atoms with Gasteiger partial charge >= 0.3 is 0 Å². The second-order valence-corrected chi connectivity index (χ2v) is 17.0. The van der Waals surface area contributed by atoms with Gasteiger partial charge in [0.2, 0.25) is 0 Å². The van der Waals surface area contributed by atoms with Gasteiger partial charge in [-0.05, 0) is 60.0 Å². The topological polar surface area (TPSA) is 41.7 Å². The smallest absolute Gasteiger partial charge is 0.159 e. The number of nitrogens with one attached hydrogen (secondary N) is 1. The third-order valence-electron chi connectivity index (χ3n) is 11.6. The summed E-state index contributed by atoms with van der Waals surface area (Å²) >= 11 is 3.76. The number of hydrogen-bond acceptors (Lipinski definition) is 5. The number of aliphatic imine (C=N–C) groups is 2. The molecule has 2 atom stereocenters. The molecule has 2 unspecified atom stereocenters. The minimum Gasteiger partial charge on any atom is -0.347 e. The van der Waals surface area contributed by atoms with Crippen molar-refractivity contribution in [2.75, 3.05) is 0 Å². The molecule has 4 nitrogen and oxygen atoms in total. The van der Waals surface area contributed by atoms with Gasteiger partial charge in [-0.15, -0.1) is 22.7 Å². The second-order valence-electron chi connectivity index (χ2n) is 14.9. The number of rotatable bonds is 5. The van der Waals surface area contributed by atoms with Crippen LogP contribution in [0, 0.1) is 5.92 Å². The van der Waals surface area contributed by atoms with E-state index in [9.17, 15) is 0 Å². The number of benzene rings is 7. The zero-order chi connectivity index (χ0) is 37.5. The van der Waals surface area contributed by atoms with E-state index in [-0.39, 0.29) is 12.1 Å². The average Bonchev–Trinajstić information content (AvgIpc) is 3.96. The summed E-state index contributed by atoms with van der Waals surface area (Å²) in [7, 11) is 0. The number of para-hydroxylation sites is 2. The van der Waals surface area contributed by atoms with Crippen LogP contribution in [0.25, 0.3) is 79.0 Å². The highest BCUT2D eigenvalue weighted by atomic mass is 32.1. The molecule has 10 aromatic rings. The van der Waals surface area contributed by atoms with Crippen LogP contribution < -0.4 is 5.32 Å². The molecule has 0 fully saturated rings. The van der Waals surface area contributed by atoms with Crippen LogP contribution in [0.2, 0.25) is 0 Å². The molecule has 0 radical (unpaired) electrons. The summed E-state index contributed by atoms with van der Waals surface area (Å²) in [5.41, 5.74) is 8.30. The van der Waals surface area contributed by atoms with Gasteiger partial charge in [0.05, 0.1) is 21.4 Å². The molecular weight excluding hydrogens is 733 g/mol. The summed E-state index contributed by atoms with van der Waals surface area (Å²) in [6.07, 6.45) is 9.57. The third kappa shape index (κ3) is 5.25. The first-order chi connectivity index (χ1) is 28.2. The Bertz CT molecular complexity index is 3320. The number of nitrogens with zero attached hydrogens (tertiary/aromatic N) is 3. The molecule has 0 amide bonds. The van der Waals surface area contributed by atoms with Gasteiger partial charge in [-0.1, -0.05) is 133 Å². The number of allylic oxidation sites excluding steroid dienone is 3. The van der Waals surface area contributed by atoms with Gasteiger partial charge in [-0.25, -0.2) is 9.98 Å². The number of aromatic nitrogens is 1. The fourth-order valence-corrected chi connectivity index (χ4v) is 11.3. The minimum absolute atomic E-state index is 0.0963. The van der Waals surface area contributed by atoms with Crippen molar-refractivity contribution >= 4 is 96.5 Å². The molecule has 270 valence electrons. The van der Waals surface area contributed by atoms with Gasteiger partial charge in [0.15, 0.2) is 5.84 Å². The monoisotopic (exact) mass is 766 g/mol. The van der Waals surface area contributed by atoms with Crippen LogP contribution in [0.1, 0.15) is 17.5 Å². The van der Waals surface area contributed by atoms with Crippen molar-refractivity contribution in [2.24, 2.45) is 15.9 Å². The summed E-state index contributed by atoms with van der Waals surface area (Å²) in [6, 6.07) is 55.2. The quantitative estimate of drug-likeness (QED) is 0.186. The first kappa shape index (κ1) is 32.6. The predicted octanol–water partition coefficient (Wildman–Crippen LogP) is 13.4. The van der Waals surface area contributed by atoms with E-state index in [0.717, 1.165) is 29.2 Å². The Hall–Kier alpha value is -6.60. The van der Waals surface area contributed by atoms with Crippen LogP contribution in [0.4, 0.5) is 0 Å². The van der Waals surface area contributed by atoms with Crippen molar-refractivity contribution < 1.29 is 0 Å². The molecular formula is C51H34N4S2. The molecule has 1 aliphatic carbocycles. The molecule has 0 spiro atoms. The molecule has 0 bridgehead atoms. The zero-order valence-corrected chi connectivity index (χ0v) is 32.4. The van der Waals surface area contributed by atoms with E-state index in [2.05, 4.69) is 180 Å². The van der Waals surface area contributed by atoms with Crippen LogP contribution in [0.3, 0.4) is 0 Å². The molecule has 2 aliphatic rings. The highest BCUT2D eigenvalue weighted by molar-refractivity contribution is 7.27. The predicted molar refractivity (Wildman–Crippen MR) is 245 cm³/mol. The van der Waals surface area contributed by atoms with Crippen LogP contribution in [-0.4, -0.2) is 22.4 Å². The average molecular weight is 767 g/mol. The van der Waals surface area contributed by atoms with E-state index in [0.29, 0.717) is 0 Å². The molecule has 7 aromatic carbocycles. The van der Waals surface area contributed by atoms with Crippen molar-refractivity contribution in [3.8, 4) is 16.8 Å². The summed E-state index contributed by atoms with van der Waals surface area (Å²) in [6.45, 7) is 0. The number of thiophene rings is 2. The molecule has 4 heterocycles. The number of hydrogen-bond donors (Lipinski definition) is 1. The van der Waals surface area contributed by atoms with Gasteiger partial charge in [-0.2, -0.15) is 0 Å². The van der Waals surface area contributed by atoms with Crippen LogP contribution in [0.5, 0.6) is 0 Å². The van der Waals surface area contributed by atoms with E-state index in [4.69, 9.17) is 9.98 Å². The highest BCUT2D eigenvalue weighted by Gasteiger charge is 2.26. The van der Waals surface area contributed by atoms with E-state index in [1.807, 2.05) is 28.7 Å². The molecule has 1 N–H and O–H groups in total. The second kappa shape index (κ2) is 13.0. The first-order valence-electron chi connectivity index (χ1n) is 19.5. The Morgan fingerprint density at radius 2 is 1.28 bits per heavy atom. The molecule has 0 saturated carbocycles. The summed E-state index contributed by atoms with van der Waals surface area (Å²) in [4.78, 5) is 10.3. The highest BCUT2D eigenvalue weighted by Crippen LogP contribution is 2.45. The summed E-state index contributed by atoms with van der Waals surface area (Å²) in [5.74, 6) is 1.90. The maximum Gasteiger partial charge on any atom is 0.159 e. The molecule has 57 heavy (non-hydrogen) atoms. The fourth-order valence-electron chi connectivity index (χ4n) is 8.87. The van der Waals surface area contributed by atoms with Crippen molar-refractivity contribution in [3.05, 3.63) is 187 Å². The van der Waals surface area contributed by atoms with Gasteiger partial charge < -0.3 is 9.88 Å². The number of fused-ring (bicyclic) bond motifs is 9. The SMILES string of the molecule is C1=CCC(C2N=C(c3ccc4sc5cc(-c6cccc7c6sc6c(-n8c9ccccc9c9ccccc98)cccc67)ccc5c4c3)N=C(c3ccccc3)N2)C=C1. The van der Waals surface area contributed by atoms with Crippen molar-refractivity contribution in [2.45, 2.75) is 12.6 Å². The summed E-state index contributed by atoms with van der Waals surface area (Å²) in [5, 5.41) is 11.3. The maximum atomic E-state index is 5.21. The lowest BCUT2D eigenvalue weighted by atomic mass is 9.96. The molecule has 1 aliphatic heterocycles. The lowest BCUT2D eigenvalue weighted by Crippen LogP contribution is -2.43. The largest absolute Gasteiger partial charge is 0.347 e. The van der Waals surface area contributed by atoms with Gasteiger partial charge in [0.25, 0.3) is 0 Å². The van der Waals surface area contributed by atoms with E-state index < -0.39 is 0 Å². The van der Waals surface area contributed by atoms with Crippen LogP contribution in [-0.2, 0) is 0 Å². The fraction of sp³-hybridized carbons (Fsp3) is 0.0588. The summed E-state index contributed by atoms with van der Waals surface area (Å²) < 4.78 is 7.62. The zero-order valence-electron chi connectivity index (χ0n) is 30.8. The van der Waals surface area contributed by atoms with E-state index in [1.165, 1.54) is 79.0 Å². The molecule has 0 saturated heterocycles. The minimum atomic E-state index is -0.0963. The Labute approximate surface area is 337 Å². The standard InChI is InChI=1S/C51H34N4S2/c1-3-13-31(14-4-1)49-52-50(32-15-5-2-6-16-32)54-51(53-49)34-26-28-45-41(29-34)38-27-25-33(30-46(38)56-45)35-19-11-20-39-40-21-12-24-44(48(40)57-47(35)39)55-42-22-9-7-17-36(42)37-18-8-10-23-43(37)55/h1-15,17-30,32,50H,16H2,(H,52,53,54). The van der Waals surface area contributed by atoms with Crippen LogP contribution >= 0.6 is 22.7 Å². The number of amidine groups is 2. The lowest BCUT2D eigenvalue weighted by Gasteiger charge is -2.28. The molecule has 12 rings (SSSR count). The Balaban J connectivity index is 0.964. The third-order valence-corrected chi connectivity index (χ3v) is 14.0. The van der Waals surface area contributed by atoms with Gasteiger partial charge in [0, 0.05) is 63.5 Å². The van der Waals surface area contributed by atoms with Crippen molar-refractivity contribution in [1.82, 2.24) is 9.88 Å². The lowest BCUT2D eigenvalue weighted by molar-refractivity contribution is 0.475. The first-order valence-corrected chi connectivity index (χ1v) is 21.1. The maximum absolute atomic E-state index is 5.21. The Morgan fingerprint density at radius 1 is 0.544 bits per heavy atom. The van der Waals surface area contributed by atoms with Crippen molar-refractivity contribution in [3.63, 3.8) is 0 Å². The van der Waals surface area contributed by atoms with Crippen molar-refractivity contribution in [1.29, 1.82) is 0 Å². The normalized spacial score (nSPS) is 16.9. The van der Waals surface area contributed by atoms with Gasteiger partial charge in [-0.3, -0.25) is 0 Å². The van der Waals surface area contributed by atoms with E-state index >= 15 is 0 Å².